The number of nitriles is 1. The molecule has 0 heterocycles. The van der Waals surface area contributed by atoms with Crippen molar-refractivity contribution in [2.75, 3.05) is 0 Å². The molecule has 0 N–H and O–H groups in total. The number of halogens is 8. The van der Waals surface area contributed by atoms with Gasteiger partial charge in [-0.05, 0) is 49.2 Å². The highest BCUT2D eigenvalue weighted by atomic mass is 19.3. The largest absolute Gasteiger partial charge is 0.432 e. The van der Waals surface area contributed by atoms with Crippen LogP contribution in [0.2, 0.25) is 0 Å². The lowest BCUT2D eigenvalue weighted by Crippen LogP contribution is -2.26. The molecule has 0 amide bonds. The summed E-state index contributed by atoms with van der Waals surface area (Å²) >= 11 is 0. The van der Waals surface area contributed by atoms with Crippen LogP contribution in [-0.4, -0.2) is 0 Å². The van der Waals surface area contributed by atoms with Gasteiger partial charge in [0.15, 0.2) is 5.82 Å². The van der Waals surface area contributed by atoms with Crippen molar-refractivity contribution in [3.63, 3.8) is 0 Å². The standard InChI is InChI=1S/C22H11F8NO/c1-9-3-14(24)19(15(25)4-9)11-5-16(26)20(17(27)6-11)22(29,30)32-18-7-13(23)12(8-31)21(28)10(18)2/h3-7H,1-2H3. The molecule has 32 heavy (non-hydrogen) atoms. The topological polar surface area (TPSA) is 33.0 Å². The van der Waals surface area contributed by atoms with E-state index in [1.807, 2.05) is 0 Å². The molecule has 2 nitrogen and oxygen atoms in total. The molecule has 10 heteroatoms. The van der Waals surface area contributed by atoms with Crippen molar-refractivity contribution in [3.8, 4) is 22.9 Å². The highest BCUT2D eigenvalue weighted by molar-refractivity contribution is 5.66. The average molecular weight is 457 g/mol. The molecule has 0 bridgehead atoms. The van der Waals surface area contributed by atoms with Gasteiger partial charge in [0, 0.05) is 11.6 Å². The molecule has 0 atom stereocenters. The summed E-state index contributed by atoms with van der Waals surface area (Å²) in [4.78, 5) is 0. The van der Waals surface area contributed by atoms with E-state index in [-0.39, 0.29) is 23.8 Å². The third-order valence-electron chi connectivity index (χ3n) is 4.57. The number of aryl methyl sites for hydroxylation is 1. The molecule has 0 aliphatic heterocycles. The maximum absolute atomic E-state index is 14.6. The SMILES string of the molecule is Cc1cc(F)c(-c2cc(F)c(C(F)(F)Oc3cc(F)c(C#N)c(F)c3C)c(F)c2)c(F)c1. The minimum atomic E-state index is -4.78. The van der Waals surface area contributed by atoms with E-state index in [4.69, 9.17) is 5.26 Å². The lowest BCUT2D eigenvalue weighted by atomic mass is 10.00. The van der Waals surface area contributed by atoms with Crippen molar-refractivity contribution in [2.45, 2.75) is 20.0 Å². The molecule has 0 radical (unpaired) electrons. The van der Waals surface area contributed by atoms with E-state index in [0.717, 1.165) is 19.1 Å². The first kappa shape index (κ1) is 23.1. The molecule has 0 aliphatic carbocycles. The smallest absolute Gasteiger partial charge is 0.428 e. The van der Waals surface area contributed by atoms with E-state index in [0.29, 0.717) is 0 Å². The zero-order valence-electron chi connectivity index (χ0n) is 16.3. The van der Waals surface area contributed by atoms with Crippen molar-refractivity contribution < 1.29 is 39.9 Å². The summed E-state index contributed by atoms with van der Waals surface area (Å²) in [7, 11) is 0. The Kier molecular flexibility index (Phi) is 5.87. The van der Waals surface area contributed by atoms with E-state index < -0.39 is 74.6 Å². The molecular weight excluding hydrogens is 446 g/mol. The van der Waals surface area contributed by atoms with Gasteiger partial charge in [0.05, 0.1) is 5.56 Å². The molecule has 166 valence electrons. The summed E-state index contributed by atoms with van der Waals surface area (Å²) in [6.45, 7) is 2.26. The van der Waals surface area contributed by atoms with Crippen LogP contribution in [0.3, 0.4) is 0 Å². The quantitative estimate of drug-likeness (QED) is 0.404. The fraction of sp³-hybridized carbons (Fsp3) is 0.136. The minimum absolute atomic E-state index is 0.179. The van der Waals surface area contributed by atoms with Crippen LogP contribution in [-0.2, 0) is 6.11 Å². The van der Waals surface area contributed by atoms with Gasteiger partial charge in [-0.15, -0.1) is 0 Å². The Bertz CT molecular complexity index is 1230. The Morgan fingerprint density at radius 2 is 1.31 bits per heavy atom. The van der Waals surface area contributed by atoms with Gasteiger partial charge in [0.2, 0.25) is 0 Å². The van der Waals surface area contributed by atoms with Gasteiger partial charge in [-0.2, -0.15) is 14.0 Å². The van der Waals surface area contributed by atoms with Crippen molar-refractivity contribution in [1.82, 2.24) is 0 Å². The average Bonchev–Trinajstić information content (AvgIpc) is 2.64. The number of rotatable bonds is 4. The summed E-state index contributed by atoms with van der Waals surface area (Å²) in [6.07, 6.45) is -4.78. The normalized spacial score (nSPS) is 11.4. The number of alkyl halides is 2. The molecule has 3 aromatic carbocycles. The van der Waals surface area contributed by atoms with Crippen LogP contribution in [0, 0.1) is 60.1 Å². The first-order valence-electron chi connectivity index (χ1n) is 8.78. The van der Waals surface area contributed by atoms with Crippen molar-refractivity contribution in [2.24, 2.45) is 0 Å². The summed E-state index contributed by atoms with van der Waals surface area (Å²) in [5, 5.41) is 8.70. The lowest BCUT2D eigenvalue weighted by Gasteiger charge is -2.21. The summed E-state index contributed by atoms with van der Waals surface area (Å²) < 4.78 is 118. The number of nitrogens with zero attached hydrogens (tertiary/aromatic N) is 1. The predicted octanol–water partition coefficient (Wildman–Crippen LogP) is 6.81. The Balaban J connectivity index is 2.08. The van der Waals surface area contributed by atoms with Crippen LogP contribution in [0.25, 0.3) is 11.1 Å². The van der Waals surface area contributed by atoms with Gasteiger partial charge < -0.3 is 4.74 Å². The molecule has 0 spiro atoms. The van der Waals surface area contributed by atoms with Crippen molar-refractivity contribution in [3.05, 3.63) is 87.5 Å². The highest BCUT2D eigenvalue weighted by Crippen LogP contribution is 2.39. The van der Waals surface area contributed by atoms with Gasteiger partial charge in [0.25, 0.3) is 0 Å². The molecule has 0 aliphatic rings. The fourth-order valence-electron chi connectivity index (χ4n) is 3.06. The molecule has 0 aromatic heterocycles. The zero-order chi connectivity index (χ0) is 24.0. The zero-order valence-corrected chi connectivity index (χ0v) is 16.3. The molecule has 3 rings (SSSR count). The summed E-state index contributed by atoms with van der Waals surface area (Å²) in [6, 6.07) is 3.80. The first-order chi connectivity index (χ1) is 14.9. The number of hydrogen-bond donors (Lipinski definition) is 0. The van der Waals surface area contributed by atoms with Gasteiger partial charge in [-0.1, -0.05) is 0 Å². The number of ether oxygens (including phenoxy) is 1. The molecule has 0 fully saturated rings. The van der Waals surface area contributed by atoms with Crippen molar-refractivity contribution in [1.29, 1.82) is 5.26 Å². The maximum atomic E-state index is 14.6. The van der Waals surface area contributed by atoms with Crippen molar-refractivity contribution >= 4 is 0 Å². The van der Waals surface area contributed by atoms with Crippen LogP contribution in [0.1, 0.15) is 22.3 Å². The lowest BCUT2D eigenvalue weighted by molar-refractivity contribution is -0.190. The summed E-state index contributed by atoms with van der Waals surface area (Å²) in [5.74, 6) is -10.3. The fourth-order valence-corrected chi connectivity index (χ4v) is 3.06. The Morgan fingerprint density at radius 3 is 1.81 bits per heavy atom. The van der Waals surface area contributed by atoms with Gasteiger partial charge in [-0.25, -0.2) is 26.3 Å². The molecule has 0 saturated heterocycles. The monoisotopic (exact) mass is 457 g/mol. The number of hydrogen-bond acceptors (Lipinski definition) is 2. The Morgan fingerprint density at radius 1 is 0.781 bits per heavy atom. The van der Waals surface area contributed by atoms with Crippen LogP contribution in [0.5, 0.6) is 5.75 Å². The van der Waals surface area contributed by atoms with E-state index in [1.165, 1.54) is 13.0 Å². The predicted molar refractivity (Wildman–Crippen MR) is 96.8 cm³/mol. The maximum Gasteiger partial charge on any atom is 0.432 e. The minimum Gasteiger partial charge on any atom is -0.428 e. The Labute approximate surface area is 176 Å². The first-order valence-corrected chi connectivity index (χ1v) is 8.78. The number of benzene rings is 3. The molecule has 0 saturated carbocycles. The third-order valence-corrected chi connectivity index (χ3v) is 4.57. The van der Waals surface area contributed by atoms with Gasteiger partial charge >= 0.3 is 6.11 Å². The van der Waals surface area contributed by atoms with Crippen LogP contribution >= 0.6 is 0 Å². The van der Waals surface area contributed by atoms with E-state index >= 15 is 0 Å². The molecule has 0 unspecified atom stereocenters. The van der Waals surface area contributed by atoms with Crippen LogP contribution in [0.15, 0.2) is 30.3 Å². The molecule has 3 aromatic rings. The summed E-state index contributed by atoms with van der Waals surface area (Å²) in [5.41, 5.74) is -5.06. The van der Waals surface area contributed by atoms with Crippen LogP contribution in [0.4, 0.5) is 35.1 Å². The van der Waals surface area contributed by atoms with Gasteiger partial charge in [0.1, 0.15) is 52.0 Å². The molecular formula is C22H11F8NO. The van der Waals surface area contributed by atoms with Crippen LogP contribution < -0.4 is 4.74 Å². The van der Waals surface area contributed by atoms with E-state index in [9.17, 15) is 35.1 Å². The third kappa shape index (κ3) is 3.98. The second kappa shape index (κ2) is 8.15. The highest BCUT2D eigenvalue weighted by Gasteiger charge is 2.42. The van der Waals surface area contributed by atoms with E-state index in [1.54, 1.807) is 0 Å². The second-order valence-electron chi connectivity index (χ2n) is 6.82. The van der Waals surface area contributed by atoms with E-state index in [2.05, 4.69) is 4.74 Å². The van der Waals surface area contributed by atoms with Gasteiger partial charge in [-0.3, -0.25) is 0 Å². The Hall–Kier alpha value is -3.61. The second-order valence-corrected chi connectivity index (χ2v) is 6.82.